The van der Waals surface area contributed by atoms with Gasteiger partial charge in [0.15, 0.2) is 0 Å². The van der Waals surface area contributed by atoms with Crippen LogP contribution in [-0.2, 0) is 0 Å². The highest BCUT2D eigenvalue weighted by Gasteiger charge is 2.23. The molecule has 3 aromatic rings. The van der Waals surface area contributed by atoms with Gasteiger partial charge in [-0.15, -0.1) is 0 Å². The number of H-pyrrole nitrogens is 1. The van der Waals surface area contributed by atoms with Crippen molar-refractivity contribution in [1.82, 2.24) is 25.5 Å². The lowest BCUT2D eigenvalue weighted by atomic mass is 10.0. The predicted molar refractivity (Wildman–Crippen MR) is 100 cm³/mol. The predicted octanol–water partition coefficient (Wildman–Crippen LogP) is 2.53. The van der Waals surface area contributed by atoms with Gasteiger partial charge >= 0.3 is 0 Å². The van der Waals surface area contributed by atoms with Gasteiger partial charge < -0.3 is 15.5 Å². The summed E-state index contributed by atoms with van der Waals surface area (Å²) in [7, 11) is 0. The monoisotopic (exact) mass is 337 g/mol. The van der Waals surface area contributed by atoms with Crippen LogP contribution in [0, 0.1) is 5.92 Å². The fraction of sp³-hybridized carbons (Fsp3) is 0.389. The van der Waals surface area contributed by atoms with E-state index in [9.17, 15) is 0 Å². The van der Waals surface area contributed by atoms with Gasteiger partial charge in [0.05, 0.1) is 11.7 Å². The van der Waals surface area contributed by atoms with E-state index >= 15 is 0 Å². The van der Waals surface area contributed by atoms with Gasteiger partial charge in [0.25, 0.3) is 0 Å². The lowest BCUT2D eigenvalue weighted by molar-refractivity contribution is 0.366. The maximum absolute atomic E-state index is 4.71. The van der Waals surface area contributed by atoms with E-state index in [2.05, 4.69) is 50.6 Å². The SMILES string of the molecule is CC(C)C1CN(c2nccc(Nc3ccc4[nH]ncc4c3)n2)CCN1. The van der Waals surface area contributed by atoms with Crippen LogP contribution >= 0.6 is 0 Å². The third kappa shape index (κ3) is 3.41. The molecule has 0 spiro atoms. The number of hydrogen-bond acceptors (Lipinski definition) is 6. The fourth-order valence-electron chi connectivity index (χ4n) is 3.15. The van der Waals surface area contributed by atoms with Gasteiger partial charge in [-0.2, -0.15) is 10.1 Å². The number of piperazine rings is 1. The summed E-state index contributed by atoms with van der Waals surface area (Å²) in [6.45, 7) is 7.30. The molecule has 1 fully saturated rings. The molecule has 3 N–H and O–H groups in total. The Morgan fingerprint density at radius 1 is 1.28 bits per heavy atom. The minimum atomic E-state index is 0.470. The van der Waals surface area contributed by atoms with Crippen LogP contribution in [0.5, 0.6) is 0 Å². The Morgan fingerprint density at radius 3 is 3.08 bits per heavy atom. The normalized spacial score (nSPS) is 18.0. The van der Waals surface area contributed by atoms with Crippen molar-refractivity contribution in [3.63, 3.8) is 0 Å². The van der Waals surface area contributed by atoms with Crippen molar-refractivity contribution < 1.29 is 0 Å². The van der Waals surface area contributed by atoms with Crippen LogP contribution in [0.3, 0.4) is 0 Å². The van der Waals surface area contributed by atoms with Gasteiger partial charge in [-0.3, -0.25) is 5.10 Å². The van der Waals surface area contributed by atoms with Crippen LogP contribution in [0.1, 0.15) is 13.8 Å². The summed E-state index contributed by atoms with van der Waals surface area (Å²) in [5.74, 6) is 2.17. The van der Waals surface area contributed by atoms with E-state index in [4.69, 9.17) is 4.98 Å². The highest BCUT2D eigenvalue weighted by molar-refractivity contribution is 5.82. The molecule has 0 aliphatic carbocycles. The van der Waals surface area contributed by atoms with Crippen molar-refractivity contribution in [1.29, 1.82) is 0 Å². The molecule has 0 radical (unpaired) electrons. The maximum atomic E-state index is 4.71. The molecule has 1 aliphatic rings. The molecule has 3 heterocycles. The Balaban J connectivity index is 1.52. The molecule has 1 aliphatic heterocycles. The van der Waals surface area contributed by atoms with Crippen LogP contribution in [0.15, 0.2) is 36.7 Å². The fourth-order valence-corrected chi connectivity index (χ4v) is 3.15. The first-order valence-corrected chi connectivity index (χ1v) is 8.70. The molecule has 2 aromatic heterocycles. The zero-order valence-corrected chi connectivity index (χ0v) is 14.5. The summed E-state index contributed by atoms with van der Waals surface area (Å²) in [5.41, 5.74) is 2.01. The second-order valence-electron chi connectivity index (χ2n) is 6.79. The second kappa shape index (κ2) is 6.68. The van der Waals surface area contributed by atoms with Gasteiger partial charge in [-0.05, 0) is 30.2 Å². The Kier molecular flexibility index (Phi) is 4.23. The van der Waals surface area contributed by atoms with E-state index in [0.29, 0.717) is 12.0 Å². The lowest BCUT2D eigenvalue weighted by Crippen LogP contribution is -2.53. The lowest BCUT2D eigenvalue weighted by Gasteiger charge is -2.35. The van der Waals surface area contributed by atoms with Gasteiger partial charge in [-0.1, -0.05) is 13.8 Å². The average Bonchev–Trinajstić information content (AvgIpc) is 3.10. The van der Waals surface area contributed by atoms with Crippen molar-refractivity contribution in [2.24, 2.45) is 5.92 Å². The van der Waals surface area contributed by atoms with Crippen molar-refractivity contribution in [2.75, 3.05) is 29.9 Å². The number of aromatic amines is 1. The van der Waals surface area contributed by atoms with Crippen LogP contribution in [0.4, 0.5) is 17.5 Å². The summed E-state index contributed by atoms with van der Waals surface area (Å²) in [6, 6.07) is 8.45. The van der Waals surface area contributed by atoms with E-state index < -0.39 is 0 Å². The van der Waals surface area contributed by atoms with Crippen LogP contribution in [-0.4, -0.2) is 45.8 Å². The highest BCUT2D eigenvalue weighted by atomic mass is 15.3. The molecule has 25 heavy (non-hydrogen) atoms. The molecule has 7 nitrogen and oxygen atoms in total. The van der Waals surface area contributed by atoms with Crippen LogP contribution in [0.25, 0.3) is 10.9 Å². The topological polar surface area (TPSA) is 81.8 Å². The molecule has 130 valence electrons. The standard InChI is InChI=1S/C18H23N7/c1-12(2)16-11-25(8-7-19-16)18-20-6-5-17(23-18)22-14-3-4-15-13(9-14)10-21-24-15/h3-6,9-10,12,16,19H,7-8,11H2,1-2H3,(H,21,24)(H,20,22,23). The Labute approximate surface area is 146 Å². The molecular weight excluding hydrogens is 314 g/mol. The van der Waals surface area contributed by atoms with Gasteiger partial charge in [0.1, 0.15) is 5.82 Å². The van der Waals surface area contributed by atoms with Gasteiger partial charge in [0.2, 0.25) is 5.95 Å². The summed E-state index contributed by atoms with van der Waals surface area (Å²) >= 11 is 0. The van der Waals surface area contributed by atoms with E-state index in [1.807, 2.05) is 30.6 Å². The third-order valence-corrected chi connectivity index (χ3v) is 4.65. The molecule has 1 aromatic carbocycles. The van der Waals surface area contributed by atoms with Crippen molar-refractivity contribution >= 4 is 28.4 Å². The molecule has 4 rings (SSSR count). The van der Waals surface area contributed by atoms with E-state index in [1.54, 1.807) is 0 Å². The third-order valence-electron chi connectivity index (χ3n) is 4.65. The molecule has 1 unspecified atom stereocenters. The number of hydrogen-bond donors (Lipinski definition) is 3. The number of nitrogens with one attached hydrogen (secondary N) is 3. The Morgan fingerprint density at radius 2 is 2.20 bits per heavy atom. The minimum Gasteiger partial charge on any atom is -0.340 e. The molecule has 1 atom stereocenters. The molecule has 7 heteroatoms. The largest absolute Gasteiger partial charge is 0.340 e. The van der Waals surface area contributed by atoms with Crippen molar-refractivity contribution in [2.45, 2.75) is 19.9 Å². The zero-order valence-electron chi connectivity index (χ0n) is 14.5. The number of aromatic nitrogens is 4. The number of rotatable bonds is 4. The van der Waals surface area contributed by atoms with Crippen LogP contribution < -0.4 is 15.5 Å². The van der Waals surface area contributed by atoms with E-state index in [1.165, 1.54) is 0 Å². The van der Waals surface area contributed by atoms with Crippen LogP contribution in [0.2, 0.25) is 0 Å². The highest BCUT2D eigenvalue weighted by Crippen LogP contribution is 2.21. The first kappa shape index (κ1) is 15.8. The molecule has 0 amide bonds. The smallest absolute Gasteiger partial charge is 0.227 e. The molecular formula is C18H23N7. The van der Waals surface area contributed by atoms with Crippen molar-refractivity contribution in [3.8, 4) is 0 Å². The average molecular weight is 337 g/mol. The summed E-state index contributed by atoms with van der Waals surface area (Å²) in [6.07, 6.45) is 3.63. The van der Waals surface area contributed by atoms with Gasteiger partial charge in [-0.25, -0.2) is 4.98 Å². The number of anilines is 3. The zero-order chi connectivity index (χ0) is 17.2. The van der Waals surface area contributed by atoms with E-state index in [-0.39, 0.29) is 0 Å². The quantitative estimate of drug-likeness (QED) is 0.679. The van der Waals surface area contributed by atoms with Gasteiger partial charge in [0, 0.05) is 42.9 Å². The van der Waals surface area contributed by atoms with E-state index in [0.717, 1.165) is 48.0 Å². The minimum absolute atomic E-state index is 0.470. The number of nitrogens with zero attached hydrogens (tertiary/aromatic N) is 4. The van der Waals surface area contributed by atoms with Crippen molar-refractivity contribution in [3.05, 3.63) is 36.7 Å². The summed E-state index contributed by atoms with van der Waals surface area (Å²) in [5, 5.41) is 15.0. The first-order chi connectivity index (χ1) is 12.2. The Hall–Kier alpha value is -2.67. The summed E-state index contributed by atoms with van der Waals surface area (Å²) in [4.78, 5) is 11.4. The summed E-state index contributed by atoms with van der Waals surface area (Å²) < 4.78 is 0. The first-order valence-electron chi connectivity index (χ1n) is 8.70. The molecule has 1 saturated heterocycles. The number of benzene rings is 1. The number of fused-ring (bicyclic) bond motifs is 1. The molecule has 0 bridgehead atoms. The Bertz CT molecular complexity index is 857. The molecule has 0 saturated carbocycles. The maximum Gasteiger partial charge on any atom is 0.227 e. The second-order valence-corrected chi connectivity index (χ2v) is 6.79.